The van der Waals surface area contributed by atoms with E-state index in [1.807, 2.05) is 25.1 Å². The van der Waals surface area contributed by atoms with Crippen LogP contribution in [0.5, 0.6) is 0 Å². The normalized spacial score (nSPS) is 20.3. The van der Waals surface area contributed by atoms with E-state index in [1.165, 1.54) is 24.8 Å². The van der Waals surface area contributed by atoms with Gasteiger partial charge in [0.1, 0.15) is 0 Å². The smallest absolute Gasteiger partial charge is 0.238 e. The zero-order valence-corrected chi connectivity index (χ0v) is 13.2. The summed E-state index contributed by atoms with van der Waals surface area (Å²) in [7, 11) is 0. The summed E-state index contributed by atoms with van der Waals surface area (Å²) in [4.78, 5) is 14.4. The van der Waals surface area contributed by atoms with Gasteiger partial charge in [0.15, 0.2) is 0 Å². The number of benzene rings is 1. The highest BCUT2D eigenvalue weighted by Gasteiger charge is 2.20. The van der Waals surface area contributed by atoms with Gasteiger partial charge in [-0.25, -0.2) is 0 Å². The number of rotatable bonds is 3. The van der Waals surface area contributed by atoms with E-state index in [1.54, 1.807) is 0 Å². The lowest BCUT2D eigenvalue weighted by atomic mass is 10.0. The summed E-state index contributed by atoms with van der Waals surface area (Å²) in [6.07, 6.45) is 3.68. The van der Waals surface area contributed by atoms with Crippen molar-refractivity contribution in [1.29, 1.82) is 0 Å². The van der Waals surface area contributed by atoms with Crippen molar-refractivity contribution < 1.29 is 4.79 Å². The minimum Gasteiger partial charge on any atom is -0.324 e. The van der Waals surface area contributed by atoms with Crippen LogP contribution in [-0.4, -0.2) is 29.9 Å². The van der Waals surface area contributed by atoms with Crippen molar-refractivity contribution in [1.82, 2.24) is 4.90 Å². The van der Waals surface area contributed by atoms with Crippen molar-refractivity contribution in [2.45, 2.75) is 39.2 Å². The first-order valence-corrected chi connectivity index (χ1v) is 7.65. The zero-order chi connectivity index (χ0) is 13.8. The van der Waals surface area contributed by atoms with Gasteiger partial charge in [0, 0.05) is 10.5 Å². The summed E-state index contributed by atoms with van der Waals surface area (Å²) in [5, 5.41) is 2.98. The van der Waals surface area contributed by atoms with E-state index in [2.05, 4.69) is 33.1 Å². The molecule has 0 saturated carbocycles. The number of nitrogens with zero attached hydrogens (tertiary/aromatic N) is 1. The Hall–Kier alpha value is -0.870. The number of hydrogen-bond acceptors (Lipinski definition) is 2. The molecule has 1 N–H and O–H groups in total. The molecule has 1 unspecified atom stereocenters. The number of carbonyl (C=O) groups is 1. The van der Waals surface area contributed by atoms with Gasteiger partial charge in [0.2, 0.25) is 5.91 Å². The van der Waals surface area contributed by atoms with Gasteiger partial charge >= 0.3 is 0 Å². The lowest BCUT2D eigenvalue weighted by Crippen LogP contribution is -2.42. The number of carbonyl (C=O) groups excluding carboxylic acids is 1. The summed E-state index contributed by atoms with van der Waals surface area (Å²) in [6.45, 7) is 5.76. The second-order valence-corrected chi connectivity index (χ2v) is 6.20. The third-order valence-electron chi connectivity index (χ3n) is 3.69. The van der Waals surface area contributed by atoms with Gasteiger partial charge in [-0.2, -0.15) is 0 Å². The molecular weight excluding hydrogens is 304 g/mol. The molecule has 1 aromatic rings. The zero-order valence-electron chi connectivity index (χ0n) is 11.6. The molecule has 1 aliphatic heterocycles. The van der Waals surface area contributed by atoms with Crippen molar-refractivity contribution in [2.75, 3.05) is 18.4 Å². The van der Waals surface area contributed by atoms with Crippen molar-refractivity contribution >= 4 is 27.5 Å². The molecule has 0 radical (unpaired) electrons. The Kier molecular flexibility index (Phi) is 4.99. The topological polar surface area (TPSA) is 32.3 Å². The summed E-state index contributed by atoms with van der Waals surface area (Å²) in [5.74, 6) is 0.0679. The predicted molar refractivity (Wildman–Crippen MR) is 82.4 cm³/mol. The molecule has 1 fully saturated rings. The van der Waals surface area contributed by atoms with E-state index in [0.29, 0.717) is 12.6 Å². The maximum atomic E-state index is 12.1. The summed E-state index contributed by atoms with van der Waals surface area (Å²) >= 11 is 3.48. The summed E-state index contributed by atoms with van der Waals surface area (Å²) in [5.41, 5.74) is 2.02. The Morgan fingerprint density at radius 3 is 2.95 bits per heavy atom. The van der Waals surface area contributed by atoms with Crippen LogP contribution in [0.1, 0.15) is 31.7 Å². The number of aryl methyl sites for hydroxylation is 1. The average Bonchev–Trinajstić information content (AvgIpc) is 2.36. The quantitative estimate of drug-likeness (QED) is 0.921. The molecular formula is C15H21BrN2O. The molecule has 1 atom stereocenters. The fourth-order valence-electron chi connectivity index (χ4n) is 2.49. The van der Waals surface area contributed by atoms with Crippen molar-refractivity contribution in [3.63, 3.8) is 0 Å². The van der Waals surface area contributed by atoms with E-state index < -0.39 is 0 Å². The number of hydrogen-bond donors (Lipinski definition) is 1. The van der Waals surface area contributed by atoms with Crippen LogP contribution in [-0.2, 0) is 4.79 Å². The molecule has 3 nitrogen and oxygen atoms in total. The second-order valence-electron chi connectivity index (χ2n) is 5.35. The van der Waals surface area contributed by atoms with Gasteiger partial charge in [-0.15, -0.1) is 0 Å². The van der Waals surface area contributed by atoms with Crippen molar-refractivity contribution in [3.8, 4) is 0 Å². The van der Waals surface area contributed by atoms with Gasteiger partial charge in [-0.05, 0) is 66.9 Å². The SMILES string of the molecule is Cc1ccc(NC(=O)CN2CCCCC2C)c(Br)c1. The number of halogens is 1. The Balaban J connectivity index is 1.93. The maximum absolute atomic E-state index is 12.1. The van der Waals surface area contributed by atoms with Crippen molar-refractivity contribution in [2.24, 2.45) is 0 Å². The highest BCUT2D eigenvalue weighted by molar-refractivity contribution is 9.10. The number of likely N-dealkylation sites (tertiary alicyclic amines) is 1. The number of piperidine rings is 1. The van der Waals surface area contributed by atoms with Crippen LogP contribution in [0.25, 0.3) is 0 Å². The van der Waals surface area contributed by atoms with E-state index in [4.69, 9.17) is 0 Å². The Labute approximate surface area is 123 Å². The Morgan fingerprint density at radius 1 is 1.47 bits per heavy atom. The number of anilines is 1. The van der Waals surface area contributed by atoms with Gasteiger partial charge in [-0.1, -0.05) is 12.5 Å². The van der Waals surface area contributed by atoms with Gasteiger partial charge in [0.25, 0.3) is 0 Å². The first-order valence-electron chi connectivity index (χ1n) is 6.86. The van der Waals surface area contributed by atoms with E-state index in [0.717, 1.165) is 16.7 Å². The summed E-state index contributed by atoms with van der Waals surface area (Å²) < 4.78 is 0.938. The van der Waals surface area contributed by atoms with Gasteiger partial charge < -0.3 is 5.32 Å². The largest absolute Gasteiger partial charge is 0.324 e. The monoisotopic (exact) mass is 324 g/mol. The number of amides is 1. The lowest BCUT2D eigenvalue weighted by Gasteiger charge is -2.32. The first-order chi connectivity index (χ1) is 9.06. The van der Waals surface area contributed by atoms with Crippen LogP contribution < -0.4 is 5.32 Å². The van der Waals surface area contributed by atoms with Crippen molar-refractivity contribution in [3.05, 3.63) is 28.2 Å². The highest BCUT2D eigenvalue weighted by Crippen LogP contribution is 2.23. The molecule has 0 spiro atoms. The van der Waals surface area contributed by atoms with E-state index in [-0.39, 0.29) is 5.91 Å². The van der Waals surface area contributed by atoms with Crippen LogP contribution in [0.3, 0.4) is 0 Å². The molecule has 0 aliphatic carbocycles. The number of nitrogens with one attached hydrogen (secondary N) is 1. The molecule has 19 heavy (non-hydrogen) atoms. The van der Waals surface area contributed by atoms with Crippen LogP contribution in [0.15, 0.2) is 22.7 Å². The Bertz CT molecular complexity index is 461. The minimum atomic E-state index is 0.0679. The maximum Gasteiger partial charge on any atom is 0.238 e. The molecule has 0 aromatic heterocycles. The molecule has 104 valence electrons. The summed E-state index contributed by atoms with van der Waals surface area (Å²) in [6, 6.07) is 6.47. The molecule has 4 heteroatoms. The lowest BCUT2D eigenvalue weighted by molar-refractivity contribution is -0.118. The molecule has 1 aromatic carbocycles. The fraction of sp³-hybridized carbons (Fsp3) is 0.533. The van der Waals surface area contributed by atoms with Crippen LogP contribution in [0, 0.1) is 6.92 Å². The molecule has 0 bridgehead atoms. The van der Waals surface area contributed by atoms with Crippen LogP contribution >= 0.6 is 15.9 Å². The molecule has 1 saturated heterocycles. The predicted octanol–water partition coefficient (Wildman–Crippen LogP) is 3.57. The molecule has 2 rings (SSSR count). The van der Waals surface area contributed by atoms with E-state index >= 15 is 0 Å². The first kappa shape index (κ1) is 14.5. The highest BCUT2D eigenvalue weighted by atomic mass is 79.9. The fourth-order valence-corrected chi connectivity index (χ4v) is 3.08. The molecule has 1 heterocycles. The van der Waals surface area contributed by atoms with Gasteiger partial charge in [0.05, 0.1) is 12.2 Å². The van der Waals surface area contributed by atoms with Crippen LogP contribution in [0.4, 0.5) is 5.69 Å². The van der Waals surface area contributed by atoms with Crippen LogP contribution in [0.2, 0.25) is 0 Å². The third kappa shape index (κ3) is 4.05. The second kappa shape index (κ2) is 6.53. The van der Waals surface area contributed by atoms with Gasteiger partial charge in [-0.3, -0.25) is 9.69 Å². The minimum absolute atomic E-state index is 0.0679. The standard InChI is InChI=1S/C15H21BrN2O/c1-11-6-7-14(13(16)9-11)17-15(19)10-18-8-4-3-5-12(18)2/h6-7,9,12H,3-5,8,10H2,1-2H3,(H,17,19). The third-order valence-corrected chi connectivity index (χ3v) is 4.34. The Morgan fingerprint density at radius 2 is 2.26 bits per heavy atom. The average molecular weight is 325 g/mol. The molecule has 1 aliphatic rings. The van der Waals surface area contributed by atoms with E-state index in [9.17, 15) is 4.79 Å². The molecule has 1 amide bonds.